The fourth-order valence-corrected chi connectivity index (χ4v) is 3.22. The topological polar surface area (TPSA) is 55.8 Å². The largest absolute Gasteiger partial charge is 0.390 e. The van der Waals surface area contributed by atoms with E-state index < -0.39 is 28.5 Å². The summed E-state index contributed by atoms with van der Waals surface area (Å²) in [6, 6.07) is 0. The minimum atomic E-state index is -3.05. The third kappa shape index (κ3) is 8.77. The average molecular weight is 310 g/mol. The van der Waals surface area contributed by atoms with Gasteiger partial charge in [0.05, 0.1) is 0 Å². The molecule has 0 radical (unpaired) electrons. The van der Waals surface area contributed by atoms with Crippen LogP contribution in [0.1, 0.15) is 47.5 Å². The van der Waals surface area contributed by atoms with Gasteiger partial charge in [-0.1, -0.05) is 54.0 Å². The van der Waals surface area contributed by atoms with Crippen LogP contribution >= 0.6 is 8.25 Å². The Kier molecular flexibility index (Phi) is 11.1. The van der Waals surface area contributed by atoms with E-state index in [9.17, 15) is 4.57 Å². The van der Waals surface area contributed by atoms with Gasteiger partial charge in [0.1, 0.15) is 0 Å². The summed E-state index contributed by atoms with van der Waals surface area (Å²) in [6.45, 7) is 17.6. The summed E-state index contributed by atoms with van der Waals surface area (Å²) >= 11 is 0. The summed E-state index contributed by atoms with van der Waals surface area (Å²) in [7, 11) is -4.46. The van der Waals surface area contributed by atoms with Gasteiger partial charge in [-0.2, -0.15) is 0 Å². The first-order chi connectivity index (χ1) is 8.56. The number of unbranched alkanes of at least 4 members (excludes halogenated alkanes) is 1. The summed E-state index contributed by atoms with van der Waals surface area (Å²) in [5, 5.41) is 0. The lowest BCUT2D eigenvalue weighted by atomic mass is 9.86. The standard InChI is InChI=1S/C9H21O4PSi.C4H10/c1-7-9(8(2,3)4,12-14(10)11)13-15(5)6;1-3-4-2/h7,14-15H,1H2,2-6H3,(H,10,11);3-4H2,1-2H3. The Hall–Kier alpha value is 0.0669. The predicted octanol–water partition coefficient (Wildman–Crippen LogP) is 4.12. The lowest BCUT2D eigenvalue weighted by Gasteiger charge is -2.42. The van der Waals surface area contributed by atoms with E-state index in [0.717, 1.165) is 0 Å². The molecule has 0 aromatic carbocycles. The first-order valence-electron chi connectivity index (χ1n) is 6.79. The van der Waals surface area contributed by atoms with E-state index in [1.165, 1.54) is 18.9 Å². The van der Waals surface area contributed by atoms with Gasteiger partial charge in [0.2, 0.25) is 0 Å². The second-order valence-electron chi connectivity index (χ2n) is 5.66. The quantitative estimate of drug-likeness (QED) is 0.347. The summed E-state index contributed by atoms with van der Waals surface area (Å²) in [5.41, 5.74) is -0.435. The molecule has 2 atom stereocenters. The maximum Gasteiger partial charge on any atom is 0.319 e. The molecular weight excluding hydrogens is 279 g/mol. The molecule has 0 aliphatic carbocycles. The first kappa shape index (κ1) is 21.4. The van der Waals surface area contributed by atoms with E-state index in [1.807, 2.05) is 33.9 Å². The van der Waals surface area contributed by atoms with Crippen LogP contribution in [0.3, 0.4) is 0 Å². The molecule has 0 spiro atoms. The van der Waals surface area contributed by atoms with Crippen molar-refractivity contribution < 1.29 is 18.4 Å². The Morgan fingerprint density at radius 2 is 1.68 bits per heavy atom. The van der Waals surface area contributed by atoms with Gasteiger partial charge in [0, 0.05) is 5.41 Å². The van der Waals surface area contributed by atoms with Crippen molar-refractivity contribution in [3.8, 4) is 0 Å². The molecule has 0 saturated carbocycles. The van der Waals surface area contributed by atoms with E-state index in [0.29, 0.717) is 0 Å². The van der Waals surface area contributed by atoms with Gasteiger partial charge in [-0.3, -0.25) is 9.09 Å². The molecule has 0 amide bonds. The highest BCUT2D eigenvalue weighted by molar-refractivity contribution is 7.32. The maximum atomic E-state index is 10.9. The van der Waals surface area contributed by atoms with Crippen LogP contribution in [0.2, 0.25) is 13.1 Å². The van der Waals surface area contributed by atoms with Crippen LogP contribution in [0.25, 0.3) is 0 Å². The second-order valence-corrected chi connectivity index (χ2v) is 8.73. The molecule has 1 N–H and O–H groups in total. The molecule has 116 valence electrons. The van der Waals surface area contributed by atoms with Crippen LogP contribution in [-0.4, -0.2) is 19.7 Å². The molecule has 6 heteroatoms. The van der Waals surface area contributed by atoms with Crippen molar-refractivity contribution >= 4 is 17.3 Å². The van der Waals surface area contributed by atoms with Crippen molar-refractivity contribution in [3.63, 3.8) is 0 Å². The zero-order valence-electron chi connectivity index (χ0n) is 13.4. The number of hydrogen-bond acceptors (Lipinski definition) is 3. The fourth-order valence-electron chi connectivity index (χ4n) is 1.23. The maximum absolute atomic E-state index is 10.9. The Balaban J connectivity index is 0. The van der Waals surface area contributed by atoms with Crippen LogP contribution in [0.4, 0.5) is 0 Å². The van der Waals surface area contributed by atoms with E-state index in [1.54, 1.807) is 0 Å². The molecule has 0 aromatic heterocycles. The van der Waals surface area contributed by atoms with Crippen LogP contribution in [0, 0.1) is 5.41 Å². The van der Waals surface area contributed by atoms with Crippen molar-refractivity contribution in [2.45, 2.75) is 66.3 Å². The lowest BCUT2D eigenvalue weighted by molar-refractivity contribution is -0.149. The summed E-state index contributed by atoms with van der Waals surface area (Å²) in [5.74, 6) is -1.17. The molecule has 0 aliphatic rings. The molecule has 0 rings (SSSR count). The Morgan fingerprint density at radius 3 is 1.84 bits per heavy atom. The predicted molar refractivity (Wildman–Crippen MR) is 85.2 cm³/mol. The molecule has 0 bridgehead atoms. The van der Waals surface area contributed by atoms with Gasteiger partial charge in [-0.05, 0) is 19.2 Å². The minimum absolute atomic E-state index is 0.435. The van der Waals surface area contributed by atoms with E-state index in [-0.39, 0.29) is 0 Å². The molecule has 4 nitrogen and oxygen atoms in total. The zero-order chi connectivity index (χ0) is 15.7. The average Bonchev–Trinajstić information content (AvgIpc) is 2.25. The SMILES string of the molecule is C=CC(O[SiH](C)C)(O[PH](=O)O)C(C)(C)C.CCCC. The highest BCUT2D eigenvalue weighted by atomic mass is 31.1. The Labute approximate surface area is 120 Å². The molecule has 0 aliphatic heterocycles. The van der Waals surface area contributed by atoms with E-state index >= 15 is 0 Å². The van der Waals surface area contributed by atoms with Gasteiger partial charge in [0.15, 0.2) is 14.8 Å². The van der Waals surface area contributed by atoms with Crippen molar-refractivity contribution in [2.75, 3.05) is 0 Å². The third-order valence-corrected chi connectivity index (χ3v) is 3.76. The Bertz CT molecular complexity index is 274. The van der Waals surface area contributed by atoms with Crippen molar-refractivity contribution in [1.82, 2.24) is 0 Å². The van der Waals surface area contributed by atoms with E-state index in [2.05, 4.69) is 20.4 Å². The summed E-state index contributed by atoms with van der Waals surface area (Å²) < 4.78 is 21.6. The van der Waals surface area contributed by atoms with Crippen LogP contribution in [0.5, 0.6) is 0 Å². The Morgan fingerprint density at radius 1 is 1.26 bits per heavy atom. The van der Waals surface area contributed by atoms with Crippen molar-refractivity contribution in [2.24, 2.45) is 5.41 Å². The van der Waals surface area contributed by atoms with Crippen LogP contribution < -0.4 is 0 Å². The van der Waals surface area contributed by atoms with Crippen LogP contribution in [-0.2, 0) is 13.5 Å². The summed E-state index contributed by atoms with van der Waals surface area (Å²) in [6.07, 6.45) is 4.11. The monoisotopic (exact) mass is 310 g/mol. The minimum Gasteiger partial charge on any atom is -0.390 e. The molecular formula is C13H31O4PSi. The van der Waals surface area contributed by atoms with Gasteiger partial charge >= 0.3 is 8.25 Å². The van der Waals surface area contributed by atoms with Gasteiger partial charge in [-0.25, -0.2) is 0 Å². The molecule has 2 unspecified atom stereocenters. The van der Waals surface area contributed by atoms with Gasteiger partial charge < -0.3 is 9.32 Å². The smallest absolute Gasteiger partial charge is 0.319 e. The second kappa shape index (κ2) is 9.89. The molecule has 0 heterocycles. The van der Waals surface area contributed by atoms with Crippen molar-refractivity contribution in [3.05, 3.63) is 12.7 Å². The number of hydrogen-bond donors (Lipinski definition) is 1. The highest BCUT2D eigenvalue weighted by Crippen LogP contribution is 2.42. The lowest BCUT2D eigenvalue weighted by Crippen LogP contribution is -2.47. The normalized spacial score (nSPS) is 16.3. The van der Waals surface area contributed by atoms with Crippen LogP contribution in [0.15, 0.2) is 12.7 Å². The van der Waals surface area contributed by atoms with E-state index in [4.69, 9.17) is 13.8 Å². The molecule has 0 aromatic rings. The third-order valence-electron chi connectivity index (χ3n) is 2.46. The molecule has 0 saturated heterocycles. The summed E-state index contributed by atoms with van der Waals surface area (Å²) in [4.78, 5) is 8.91. The van der Waals surface area contributed by atoms with Gasteiger partial charge in [0.25, 0.3) is 0 Å². The number of rotatable bonds is 6. The van der Waals surface area contributed by atoms with Crippen molar-refractivity contribution in [1.29, 1.82) is 0 Å². The first-order valence-corrected chi connectivity index (χ1v) is 10.8. The van der Waals surface area contributed by atoms with Gasteiger partial charge in [-0.15, -0.1) is 0 Å². The molecule has 19 heavy (non-hydrogen) atoms. The molecule has 0 fully saturated rings. The zero-order valence-corrected chi connectivity index (χ0v) is 15.6. The fraction of sp³-hybridized carbons (Fsp3) is 0.846. The highest BCUT2D eigenvalue weighted by Gasteiger charge is 2.43.